The molecule has 0 saturated carbocycles. The molecule has 0 radical (unpaired) electrons. The van der Waals surface area contributed by atoms with Crippen molar-refractivity contribution in [1.29, 1.82) is 0 Å². The molecule has 120 valence electrons. The van der Waals surface area contributed by atoms with Gasteiger partial charge in [-0.15, -0.1) is 0 Å². The lowest BCUT2D eigenvalue weighted by Gasteiger charge is -2.23. The van der Waals surface area contributed by atoms with Crippen LogP contribution in [-0.2, 0) is 11.3 Å². The highest BCUT2D eigenvalue weighted by Crippen LogP contribution is 2.35. The van der Waals surface area contributed by atoms with Crippen molar-refractivity contribution >= 4 is 31.9 Å². The predicted molar refractivity (Wildman–Crippen MR) is 95.0 cm³/mol. The van der Waals surface area contributed by atoms with Crippen LogP contribution in [0.25, 0.3) is 0 Å². The van der Waals surface area contributed by atoms with E-state index < -0.39 is 0 Å². The third-order valence-electron chi connectivity index (χ3n) is 3.28. The number of methoxy groups -OCH3 is 1. The Bertz CT molecular complexity index is 439. The van der Waals surface area contributed by atoms with Gasteiger partial charge in [0.2, 0.25) is 0 Å². The zero-order valence-corrected chi connectivity index (χ0v) is 16.6. The number of hydrogen-bond donors (Lipinski definition) is 1. The average molecular weight is 423 g/mol. The molecule has 0 unspecified atom stereocenters. The van der Waals surface area contributed by atoms with Crippen LogP contribution < -0.4 is 10.1 Å². The Morgan fingerprint density at radius 3 is 2.24 bits per heavy atom. The second kappa shape index (κ2) is 8.51. The summed E-state index contributed by atoms with van der Waals surface area (Å²) in [5.41, 5.74) is 1.05. The van der Waals surface area contributed by atoms with Crippen LogP contribution in [-0.4, -0.2) is 25.4 Å². The van der Waals surface area contributed by atoms with Crippen LogP contribution in [0.5, 0.6) is 5.75 Å². The van der Waals surface area contributed by atoms with E-state index in [9.17, 15) is 0 Å². The van der Waals surface area contributed by atoms with Crippen LogP contribution in [0.15, 0.2) is 21.1 Å². The van der Waals surface area contributed by atoms with Gasteiger partial charge in [0.25, 0.3) is 0 Å². The summed E-state index contributed by atoms with van der Waals surface area (Å²) in [6.07, 6.45) is 0.832. The van der Waals surface area contributed by atoms with Crippen molar-refractivity contribution < 1.29 is 9.47 Å². The van der Waals surface area contributed by atoms with Crippen LogP contribution >= 0.6 is 31.9 Å². The molecule has 3 nitrogen and oxygen atoms in total. The summed E-state index contributed by atoms with van der Waals surface area (Å²) in [6, 6.07) is 4.66. The van der Waals surface area contributed by atoms with E-state index in [1.807, 2.05) is 0 Å². The fraction of sp³-hybridized carbons (Fsp3) is 0.625. The van der Waals surface area contributed by atoms with Crippen molar-refractivity contribution in [2.75, 3.05) is 13.7 Å². The summed E-state index contributed by atoms with van der Waals surface area (Å²) < 4.78 is 13.2. The van der Waals surface area contributed by atoms with Crippen molar-refractivity contribution in [3.63, 3.8) is 0 Å². The van der Waals surface area contributed by atoms with E-state index in [4.69, 9.17) is 9.47 Å². The summed E-state index contributed by atoms with van der Waals surface area (Å²) in [5.74, 6) is 0.843. The molecule has 1 aromatic rings. The monoisotopic (exact) mass is 421 g/mol. The molecule has 0 aliphatic carbocycles. The van der Waals surface area contributed by atoms with E-state index in [-0.39, 0.29) is 5.60 Å². The number of halogens is 2. The Balaban J connectivity index is 2.67. The lowest BCUT2D eigenvalue weighted by atomic mass is 10.1. The molecule has 0 aliphatic rings. The van der Waals surface area contributed by atoms with E-state index >= 15 is 0 Å². The van der Waals surface area contributed by atoms with E-state index in [0.29, 0.717) is 12.6 Å². The third kappa shape index (κ3) is 6.68. The van der Waals surface area contributed by atoms with Gasteiger partial charge >= 0.3 is 0 Å². The van der Waals surface area contributed by atoms with E-state index in [2.05, 4.69) is 77.0 Å². The molecule has 21 heavy (non-hydrogen) atoms. The van der Waals surface area contributed by atoms with Crippen LogP contribution in [0.4, 0.5) is 0 Å². The second-order valence-corrected chi connectivity index (χ2v) is 7.70. The Labute approximate surface area is 145 Å². The first-order valence-electron chi connectivity index (χ1n) is 7.14. The van der Waals surface area contributed by atoms with Gasteiger partial charge in [-0.1, -0.05) is 13.8 Å². The molecule has 1 aromatic carbocycles. The molecule has 0 spiro atoms. The summed E-state index contributed by atoms with van der Waals surface area (Å²) in [5, 5.41) is 3.41. The number of benzene rings is 1. The summed E-state index contributed by atoms with van der Waals surface area (Å²) in [4.78, 5) is 0. The molecule has 0 amide bonds. The largest absolute Gasteiger partial charge is 0.491 e. The molecular weight excluding hydrogens is 398 g/mol. The standard InChI is InChI=1S/C16H25Br2NO2/c1-11(2)19-10-12-8-13(17)15(14(18)9-12)21-7-6-16(3,4)20-5/h8-9,11,19H,6-7,10H2,1-5H3. The molecule has 0 aromatic heterocycles. The van der Waals surface area contributed by atoms with Gasteiger partial charge in [0.1, 0.15) is 5.75 Å². The smallest absolute Gasteiger partial charge is 0.147 e. The minimum Gasteiger partial charge on any atom is -0.491 e. The zero-order valence-electron chi connectivity index (χ0n) is 13.4. The lowest BCUT2D eigenvalue weighted by molar-refractivity contribution is 0.00533. The van der Waals surface area contributed by atoms with Gasteiger partial charge in [-0.2, -0.15) is 0 Å². The highest BCUT2D eigenvalue weighted by molar-refractivity contribution is 9.11. The van der Waals surface area contributed by atoms with Crippen molar-refractivity contribution in [3.05, 3.63) is 26.6 Å². The third-order valence-corrected chi connectivity index (χ3v) is 4.45. The molecule has 1 N–H and O–H groups in total. The number of rotatable bonds is 8. The van der Waals surface area contributed by atoms with Gasteiger partial charge in [-0.05, 0) is 63.4 Å². The topological polar surface area (TPSA) is 30.5 Å². The van der Waals surface area contributed by atoms with E-state index in [0.717, 1.165) is 27.7 Å². The zero-order chi connectivity index (χ0) is 16.0. The van der Waals surface area contributed by atoms with Crippen LogP contribution in [0, 0.1) is 0 Å². The van der Waals surface area contributed by atoms with Crippen LogP contribution in [0.2, 0.25) is 0 Å². The SMILES string of the molecule is COC(C)(C)CCOc1c(Br)cc(CNC(C)C)cc1Br. The Kier molecular flexibility index (Phi) is 7.68. The van der Waals surface area contributed by atoms with Gasteiger partial charge in [-0.25, -0.2) is 0 Å². The fourth-order valence-electron chi connectivity index (χ4n) is 1.68. The summed E-state index contributed by atoms with van der Waals surface area (Å²) >= 11 is 7.18. The number of hydrogen-bond acceptors (Lipinski definition) is 3. The average Bonchev–Trinajstić information content (AvgIpc) is 2.39. The highest BCUT2D eigenvalue weighted by Gasteiger charge is 2.17. The van der Waals surface area contributed by atoms with E-state index in [1.165, 1.54) is 5.56 Å². The Morgan fingerprint density at radius 1 is 1.19 bits per heavy atom. The van der Waals surface area contributed by atoms with Crippen molar-refractivity contribution in [2.45, 2.75) is 52.3 Å². The highest BCUT2D eigenvalue weighted by atomic mass is 79.9. The molecule has 0 bridgehead atoms. The molecule has 0 heterocycles. The van der Waals surface area contributed by atoms with Gasteiger partial charge in [0.05, 0.1) is 21.2 Å². The second-order valence-electron chi connectivity index (χ2n) is 5.99. The minimum absolute atomic E-state index is 0.167. The molecular formula is C16H25Br2NO2. The van der Waals surface area contributed by atoms with Crippen LogP contribution in [0.1, 0.15) is 39.7 Å². The molecule has 0 saturated heterocycles. The van der Waals surface area contributed by atoms with Gasteiger partial charge < -0.3 is 14.8 Å². The molecule has 0 fully saturated rings. The maximum Gasteiger partial charge on any atom is 0.147 e. The maximum atomic E-state index is 5.89. The molecule has 5 heteroatoms. The van der Waals surface area contributed by atoms with Crippen LogP contribution in [0.3, 0.4) is 0 Å². The predicted octanol–water partition coefficient (Wildman–Crippen LogP) is 4.90. The quantitative estimate of drug-likeness (QED) is 0.645. The fourth-order valence-corrected chi connectivity index (χ4v) is 3.19. The molecule has 1 rings (SSSR count). The minimum atomic E-state index is -0.167. The van der Waals surface area contributed by atoms with Crippen molar-refractivity contribution in [3.8, 4) is 5.75 Å². The lowest BCUT2D eigenvalue weighted by Crippen LogP contribution is -2.25. The van der Waals surface area contributed by atoms with Gasteiger partial charge in [0, 0.05) is 26.1 Å². The van der Waals surface area contributed by atoms with Crippen molar-refractivity contribution in [2.24, 2.45) is 0 Å². The first kappa shape index (κ1) is 18.9. The normalized spacial score (nSPS) is 12.0. The van der Waals surface area contributed by atoms with Gasteiger partial charge in [-0.3, -0.25) is 0 Å². The summed E-state index contributed by atoms with van der Waals surface area (Å²) in [7, 11) is 1.72. The van der Waals surface area contributed by atoms with Crippen molar-refractivity contribution in [1.82, 2.24) is 5.32 Å². The Morgan fingerprint density at radius 2 is 1.76 bits per heavy atom. The van der Waals surface area contributed by atoms with Gasteiger partial charge in [0.15, 0.2) is 0 Å². The molecule has 0 atom stereocenters. The first-order valence-corrected chi connectivity index (χ1v) is 8.73. The Hall–Kier alpha value is -0.100. The summed E-state index contributed by atoms with van der Waals surface area (Å²) in [6.45, 7) is 9.84. The number of ether oxygens (including phenoxy) is 2. The maximum absolute atomic E-state index is 5.89. The van der Waals surface area contributed by atoms with E-state index in [1.54, 1.807) is 7.11 Å². The number of nitrogens with one attached hydrogen (secondary N) is 1. The first-order chi connectivity index (χ1) is 9.75. The molecule has 0 aliphatic heterocycles.